The molecule has 0 aliphatic carbocycles. The van der Waals surface area contributed by atoms with Crippen LogP contribution < -0.4 is 10.6 Å². The van der Waals surface area contributed by atoms with Gasteiger partial charge in [-0.25, -0.2) is 9.78 Å². The summed E-state index contributed by atoms with van der Waals surface area (Å²) in [5.74, 6) is 0. The minimum atomic E-state index is -0.293. The van der Waals surface area contributed by atoms with Crippen molar-refractivity contribution in [1.82, 2.24) is 4.98 Å². The number of anilines is 2. The first-order valence-electron chi connectivity index (χ1n) is 7.43. The van der Waals surface area contributed by atoms with Crippen LogP contribution in [-0.4, -0.2) is 11.0 Å². The fourth-order valence-corrected chi connectivity index (χ4v) is 3.96. The van der Waals surface area contributed by atoms with E-state index in [4.69, 9.17) is 0 Å². The van der Waals surface area contributed by atoms with Crippen molar-refractivity contribution >= 4 is 39.9 Å². The summed E-state index contributed by atoms with van der Waals surface area (Å²) in [5.41, 5.74) is 3.23. The van der Waals surface area contributed by atoms with E-state index in [0.29, 0.717) is 5.13 Å². The van der Waals surface area contributed by atoms with Gasteiger partial charge in [0, 0.05) is 21.4 Å². The van der Waals surface area contributed by atoms with Gasteiger partial charge in [-0.15, -0.1) is 11.3 Å². The van der Waals surface area contributed by atoms with Crippen molar-refractivity contribution in [3.8, 4) is 0 Å². The summed E-state index contributed by atoms with van der Waals surface area (Å²) in [6.45, 7) is 4.17. The van der Waals surface area contributed by atoms with E-state index in [1.807, 2.05) is 29.6 Å². The topological polar surface area (TPSA) is 54.0 Å². The molecule has 0 saturated carbocycles. The van der Waals surface area contributed by atoms with Crippen LogP contribution in [0.1, 0.15) is 11.1 Å². The third-order valence-corrected chi connectivity index (χ3v) is 4.95. The lowest BCUT2D eigenvalue weighted by atomic mass is 10.2. The summed E-state index contributed by atoms with van der Waals surface area (Å²) in [5, 5.41) is 8.02. The second kappa shape index (κ2) is 7.51. The van der Waals surface area contributed by atoms with Crippen molar-refractivity contribution in [2.24, 2.45) is 0 Å². The molecule has 2 aromatic carbocycles. The Labute approximate surface area is 149 Å². The number of para-hydroxylation sites is 1. The standard InChI is InChI=1S/C18H17N3OS2/c1-12-9-13(2)11-14(10-12)24-16-6-4-3-5-15(16)20-17(22)21-18-19-7-8-23-18/h3-11H,1-2H3,(H2,19,20,21,22). The molecule has 0 aliphatic heterocycles. The van der Waals surface area contributed by atoms with E-state index in [1.54, 1.807) is 18.0 Å². The van der Waals surface area contributed by atoms with E-state index in [2.05, 4.69) is 47.7 Å². The maximum Gasteiger partial charge on any atom is 0.325 e. The van der Waals surface area contributed by atoms with Gasteiger partial charge in [0.05, 0.1) is 5.69 Å². The zero-order valence-electron chi connectivity index (χ0n) is 13.4. The first-order valence-corrected chi connectivity index (χ1v) is 9.12. The molecule has 24 heavy (non-hydrogen) atoms. The highest BCUT2D eigenvalue weighted by atomic mass is 32.2. The normalized spacial score (nSPS) is 10.4. The first kappa shape index (κ1) is 16.5. The molecule has 6 heteroatoms. The summed E-state index contributed by atoms with van der Waals surface area (Å²) in [7, 11) is 0. The number of hydrogen-bond acceptors (Lipinski definition) is 4. The number of carbonyl (C=O) groups excluding carboxylic acids is 1. The highest BCUT2D eigenvalue weighted by Crippen LogP contribution is 2.34. The van der Waals surface area contributed by atoms with Crippen LogP contribution >= 0.6 is 23.1 Å². The number of hydrogen-bond donors (Lipinski definition) is 2. The number of urea groups is 1. The predicted molar refractivity (Wildman–Crippen MR) is 101 cm³/mol. The smallest absolute Gasteiger partial charge is 0.307 e. The molecule has 0 unspecified atom stereocenters. The Balaban J connectivity index is 1.76. The maximum absolute atomic E-state index is 12.1. The molecular formula is C18H17N3OS2. The van der Waals surface area contributed by atoms with Gasteiger partial charge in [0.25, 0.3) is 0 Å². The highest BCUT2D eigenvalue weighted by Gasteiger charge is 2.09. The third-order valence-electron chi connectivity index (χ3n) is 3.21. The number of amides is 2. The Morgan fingerprint density at radius 3 is 2.54 bits per heavy atom. The summed E-state index contributed by atoms with van der Waals surface area (Å²) in [6.07, 6.45) is 1.66. The molecule has 4 nitrogen and oxygen atoms in total. The maximum atomic E-state index is 12.1. The van der Waals surface area contributed by atoms with Crippen molar-refractivity contribution < 1.29 is 4.79 Å². The van der Waals surface area contributed by atoms with Crippen LogP contribution in [0.25, 0.3) is 0 Å². The molecule has 0 aliphatic rings. The minimum Gasteiger partial charge on any atom is -0.307 e. The van der Waals surface area contributed by atoms with Crippen molar-refractivity contribution in [1.29, 1.82) is 0 Å². The molecule has 0 bridgehead atoms. The molecule has 0 saturated heterocycles. The molecule has 0 fully saturated rings. The molecule has 122 valence electrons. The van der Waals surface area contributed by atoms with Gasteiger partial charge >= 0.3 is 6.03 Å². The molecule has 2 N–H and O–H groups in total. The van der Waals surface area contributed by atoms with Crippen LogP contribution in [0.4, 0.5) is 15.6 Å². The number of thiazole rings is 1. The van der Waals surface area contributed by atoms with Crippen LogP contribution in [0.15, 0.2) is 63.8 Å². The largest absolute Gasteiger partial charge is 0.325 e. The summed E-state index contributed by atoms with van der Waals surface area (Å²) >= 11 is 3.02. The number of nitrogens with zero attached hydrogens (tertiary/aromatic N) is 1. The molecule has 1 aromatic heterocycles. The number of rotatable bonds is 4. The van der Waals surface area contributed by atoms with Gasteiger partial charge in [0.1, 0.15) is 0 Å². The Kier molecular flexibility index (Phi) is 5.17. The Hall–Kier alpha value is -2.31. The summed E-state index contributed by atoms with van der Waals surface area (Å²) < 4.78 is 0. The van der Waals surface area contributed by atoms with Gasteiger partial charge in [-0.05, 0) is 49.2 Å². The van der Waals surface area contributed by atoms with Gasteiger partial charge in [-0.2, -0.15) is 0 Å². The number of benzene rings is 2. The molecule has 3 rings (SSSR count). The van der Waals surface area contributed by atoms with Crippen molar-refractivity contribution in [3.05, 3.63) is 65.2 Å². The van der Waals surface area contributed by atoms with Crippen LogP contribution in [-0.2, 0) is 0 Å². The predicted octanol–water partition coefficient (Wildman–Crippen LogP) is 5.56. The number of nitrogens with one attached hydrogen (secondary N) is 2. The zero-order valence-corrected chi connectivity index (χ0v) is 15.0. The average molecular weight is 355 g/mol. The van der Waals surface area contributed by atoms with E-state index in [0.717, 1.165) is 15.5 Å². The average Bonchev–Trinajstić information content (AvgIpc) is 3.01. The second-order valence-corrected chi connectivity index (χ2v) is 7.35. The van der Waals surface area contributed by atoms with Gasteiger partial charge in [0.2, 0.25) is 0 Å². The van der Waals surface area contributed by atoms with E-state index in [1.165, 1.54) is 22.5 Å². The van der Waals surface area contributed by atoms with Crippen LogP contribution in [0.5, 0.6) is 0 Å². The first-order chi connectivity index (χ1) is 11.6. The van der Waals surface area contributed by atoms with Gasteiger partial charge in [-0.3, -0.25) is 5.32 Å². The highest BCUT2D eigenvalue weighted by molar-refractivity contribution is 7.99. The van der Waals surface area contributed by atoms with E-state index in [9.17, 15) is 4.79 Å². The van der Waals surface area contributed by atoms with Crippen LogP contribution in [0.3, 0.4) is 0 Å². The van der Waals surface area contributed by atoms with Crippen molar-refractivity contribution in [3.63, 3.8) is 0 Å². The van der Waals surface area contributed by atoms with E-state index in [-0.39, 0.29) is 6.03 Å². The van der Waals surface area contributed by atoms with Crippen LogP contribution in [0.2, 0.25) is 0 Å². The lowest BCUT2D eigenvalue weighted by Crippen LogP contribution is -2.19. The molecule has 2 amide bonds. The number of aromatic nitrogens is 1. The monoisotopic (exact) mass is 355 g/mol. The molecule has 3 aromatic rings. The Morgan fingerprint density at radius 2 is 1.83 bits per heavy atom. The molecule has 1 heterocycles. The zero-order chi connectivity index (χ0) is 16.9. The van der Waals surface area contributed by atoms with Gasteiger partial charge in [0.15, 0.2) is 5.13 Å². The SMILES string of the molecule is Cc1cc(C)cc(Sc2ccccc2NC(=O)Nc2nccs2)c1. The van der Waals surface area contributed by atoms with Gasteiger partial charge in [-0.1, -0.05) is 30.0 Å². The second-order valence-electron chi connectivity index (χ2n) is 5.34. The fourth-order valence-electron chi connectivity index (χ4n) is 2.31. The third kappa shape index (κ3) is 4.37. The van der Waals surface area contributed by atoms with Crippen molar-refractivity contribution in [2.45, 2.75) is 23.6 Å². The molecule has 0 atom stereocenters. The number of carbonyl (C=O) groups is 1. The fraction of sp³-hybridized carbons (Fsp3) is 0.111. The lowest BCUT2D eigenvalue weighted by molar-refractivity contribution is 0.262. The molecular weight excluding hydrogens is 338 g/mol. The van der Waals surface area contributed by atoms with Gasteiger partial charge < -0.3 is 5.32 Å². The molecule has 0 radical (unpaired) electrons. The lowest BCUT2D eigenvalue weighted by Gasteiger charge is -2.11. The quantitative estimate of drug-likeness (QED) is 0.644. The van der Waals surface area contributed by atoms with E-state index < -0.39 is 0 Å². The number of aryl methyl sites for hydroxylation is 2. The van der Waals surface area contributed by atoms with E-state index >= 15 is 0 Å². The summed E-state index contributed by atoms with van der Waals surface area (Å²) in [6, 6.07) is 13.9. The van der Waals surface area contributed by atoms with Crippen molar-refractivity contribution in [2.75, 3.05) is 10.6 Å². The minimum absolute atomic E-state index is 0.293. The Morgan fingerprint density at radius 1 is 1.08 bits per heavy atom. The Bertz CT molecular complexity index is 827. The molecule has 0 spiro atoms. The van der Waals surface area contributed by atoms with Crippen LogP contribution in [0, 0.1) is 13.8 Å². The summed E-state index contributed by atoms with van der Waals surface area (Å²) in [4.78, 5) is 18.3.